The summed E-state index contributed by atoms with van der Waals surface area (Å²) in [6.07, 6.45) is 11.6. The third kappa shape index (κ3) is 2.51. The maximum absolute atomic E-state index is 10.9. The molecule has 8 atom stereocenters. The summed E-state index contributed by atoms with van der Waals surface area (Å²) in [5.41, 5.74) is -1.71. The Morgan fingerprint density at radius 2 is 1.72 bits per heavy atom. The third-order valence-electron chi connectivity index (χ3n) is 9.16. The van der Waals surface area contributed by atoms with Gasteiger partial charge >= 0.3 is 0 Å². The Morgan fingerprint density at radius 3 is 2.44 bits per heavy atom. The molecule has 0 heterocycles. The highest BCUT2D eigenvalue weighted by atomic mass is 16.3. The normalized spacial score (nSPS) is 54.9. The molecule has 0 aliphatic heterocycles. The van der Waals surface area contributed by atoms with E-state index in [9.17, 15) is 15.5 Å². The molecule has 0 radical (unpaired) electrons. The second kappa shape index (κ2) is 5.96. The minimum absolute atomic E-state index is 0.201. The van der Waals surface area contributed by atoms with Crippen LogP contribution >= 0.6 is 0 Å². The summed E-state index contributed by atoms with van der Waals surface area (Å²) in [4.78, 5) is 0. The summed E-state index contributed by atoms with van der Waals surface area (Å²) in [6.45, 7) is 4.37. The molecule has 4 aliphatic rings. The lowest BCUT2D eigenvalue weighted by Crippen LogP contribution is -2.54. The third-order valence-corrected chi connectivity index (χ3v) is 9.16. The minimum atomic E-state index is -1.10. The molecule has 0 spiro atoms. The average Bonchev–Trinajstić information content (AvgIpc) is 2.86. The first-order valence-corrected chi connectivity index (χ1v) is 10.7. The molecule has 0 aromatic rings. The van der Waals surface area contributed by atoms with E-state index in [0.29, 0.717) is 24.2 Å². The molecule has 0 aromatic heterocycles. The summed E-state index contributed by atoms with van der Waals surface area (Å²) >= 11 is 0. The zero-order valence-corrected chi connectivity index (χ0v) is 16.0. The van der Waals surface area contributed by atoms with Crippen LogP contribution in [0.2, 0.25) is 0 Å². The van der Waals surface area contributed by atoms with Gasteiger partial charge in [-0.3, -0.25) is 0 Å². The fourth-order valence-corrected chi connectivity index (χ4v) is 7.85. The quantitative estimate of drug-likeness (QED) is 0.728. The summed E-state index contributed by atoms with van der Waals surface area (Å²) in [6, 6.07) is 2.28. The number of fused-ring (bicyclic) bond motifs is 5. The molecule has 0 bridgehead atoms. The predicted molar refractivity (Wildman–Crippen MR) is 97.5 cm³/mol. The van der Waals surface area contributed by atoms with Crippen LogP contribution < -0.4 is 0 Å². The molecular weight excluding hydrogens is 310 g/mol. The first-order valence-electron chi connectivity index (χ1n) is 10.7. The number of hydrogen-bond acceptors (Lipinski definition) is 3. The van der Waals surface area contributed by atoms with Gasteiger partial charge in [-0.1, -0.05) is 20.3 Å². The summed E-state index contributed by atoms with van der Waals surface area (Å²) in [7, 11) is 0. The second-order valence-corrected chi connectivity index (χ2v) is 10.1. The van der Waals surface area contributed by atoms with Crippen LogP contribution in [0.4, 0.5) is 0 Å². The van der Waals surface area contributed by atoms with Gasteiger partial charge in [-0.05, 0) is 93.8 Å². The van der Waals surface area contributed by atoms with E-state index in [0.717, 1.165) is 50.4 Å². The highest BCUT2D eigenvalue weighted by molar-refractivity contribution is 5.20. The van der Waals surface area contributed by atoms with Gasteiger partial charge in [-0.25, -0.2) is 0 Å². The highest BCUT2D eigenvalue weighted by Crippen LogP contribution is 2.65. The average molecular weight is 346 g/mol. The smallest absolute Gasteiger partial charge is 0.156 e. The van der Waals surface area contributed by atoms with E-state index in [1.54, 1.807) is 0 Å². The SMILES string of the molecule is CCC[C@@]1(O)CC[C@@H]2C3CC[C@@]4(C)C(CCC4(O)C#N)[C@@H]3CC[C@@H]2C1. The molecule has 3 unspecified atom stereocenters. The molecule has 3 nitrogen and oxygen atoms in total. The topological polar surface area (TPSA) is 64.2 Å². The van der Waals surface area contributed by atoms with E-state index in [1.807, 2.05) is 0 Å². The number of rotatable bonds is 2. The summed E-state index contributed by atoms with van der Waals surface area (Å²) < 4.78 is 0. The number of nitriles is 1. The van der Waals surface area contributed by atoms with Crippen molar-refractivity contribution in [1.29, 1.82) is 5.26 Å². The number of aliphatic hydroxyl groups is 2. The Morgan fingerprint density at radius 1 is 0.960 bits per heavy atom. The lowest BCUT2D eigenvalue weighted by molar-refractivity contribution is -0.127. The lowest BCUT2D eigenvalue weighted by atomic mass is 9.48. The zero-order valence-electron chi connectivity index (χ0n) is 16.0. The molecule has 2 N–H and O–H groups in total. The van der Waals surface area contributed by atoms with Crippen LogP contribution in [0.5, 0.6) is 0 Å². The molecule has 0 aromatic carbocycles. The van der Waals surface area contributed by atoms with Crippen molar-refractivity contribution >= 4 is 0 Å². The Kier molecular flexibility index (Phi) is 4.25. The van der Waals surface area contributed by atoms with Gasteiger partial charge in [0.05, 0.1) is 11.7 Å². The fourth-order valence-electron chi connectivity index (χ4n) is 7.85. The Balaban J connectivity index is 1.53. The van der Waals surface area contributed by atoms with E-state index in [2.05, 4.69) is 19.9 Å². The van der Waals surface area contributed by atoms with Crippen molar-refractivity contribution in [2.45, 2.75) is 95.7 Å². The van der Waals surface area contributed by atoms with Gasteiger partial charge < -0.3 is 10.2 Å². The number of nitrogens with zero attached hydrogens (tertiary/aromatic N) is 1. The fraction of sp³-hybridized carbons (Fsp3) is 0.955. The standard InChI is InChI=1S/C22H35NO2/c1-3-9-21(24)11-7-16-15(13-21)4-5-18-17(16)6-10-20(2)19(18)8-12-22(20,25)14-23/h15-19,24-25H,3-13H2,1-2H3/t15-,16+,17?,18-,19?,20+,21-,22?/m1/s1. The van der Waals surface area contributed by atoms with Crippen molar-refractivity contribution < 1.29 is 10.2 Å². The van der Waals surface area contributed by atoms with Gasteiger partial charge in [-0.2, -0.15) is 5.26 Å². The number of hydrogen-bond donors (Lipinski definition) is 2. The van der Waals surface area contributed by atoms with Crippen LogP contribution in [0.1, 0.15) is 84.5 Å². The molecule has 140 valence electrons. The molecule has 0 amide bonds. The highest BCUT2D eigenvalue weighted by Gasteiger charge is 2.63. The van der Waals surface area contributed by atoms with Crippen molar-refractivity contribution in [3.05, 3.63) is 0 Å². The van der Waals surface area contributed by atoms with Crippen molar-refractivity contribution in [2.75, 3.05) is 0 Å². The Bertz CT molecular complexity index is 571. The van der Waals surface area contributed by atoms with Crippen molar-refractivity contribution in [3.8, 4) is 6.07 Å². The maximum Gasteiger partial charge on any atom is 0.156 e. The minimum Gasteiger partial charge on any atom is -0.390 e. The second-order valence-electron chi connectivity index (χ2n) is 10.1. The van der Waals surface area contributed by atoms with Gasteiger partial charge in [0.2, 0.25) is 0 Å². The van der Waals surface area contributed by atoms with Crippen LogP contribution in [0.25, 0.3) is 0 Å². The maximum atomic E-state index is 10.9. The molecular formula is C22H35NO2. The van der Waals surface area contributed by atoms with Crippen molar-refractivity contribution in [2.24, 2.45) is 35.0 Å². The van der Waals surface area contributed by atoms with E-state index in [4.69, 9.17) is 0 Å². The van der Waals surface area contributed by atoms with Gasteiger partial charge in [0.25, 0.3) is 0 Å². The molecule has 4 saturated carbocycles. The van der Waals surface area contributed by atoms with Gasteiger partial charge in [0, 0.05) is 5.41 Å². The first kappa shape index (κ1) is 17.8. The van der Waals surface area contributed by atoms with E-state index in [-0.39, 0.29) is 5.41 Å². The molecule has 3 heteroatoms. The largest absolute Gasteiger partial charge is 0.390 e. The van der Waals surface area contributed by atoms with Crippen LogP contribution in [0.15, 0.2) is 0 Å². The van der Waals surface area contributed by atoms with E-state index >= 15 is 0 Å². The predicted octanol–water partition coefficient (Wildman–Crippen LogP) is 4.42. The Labute approximate surface area is 152 Å². The van der Waals surface area contributed by atoms with Crippen molar-refractivity contribution in [1.82, 2.24) is 0 Å². The van der Waals surface area contributed by atoms with Gasteiger partial charge in [0.15, 0.2) is 5.60 Å². The van der Waals surface area contributed by atoms with Crippen LogP contribution in [-0.4, -0.2) is 21.4 Å². The van der Waals surface area contributed by atoms with Crippen molar-refractivity contribution in [3.63, 3.8) is 0 Å². The molecule has 25 heavy (non-hydrogen) atoms. The van der Waals surface area contributed by atoms with Crippen LogP contribution in [0.3, 0.4) is 0 Å². The summed E-state index contributed by atoms with van der Waals surface area (Å²) in [5.74, 6) is 3.46. The van der Waals surface area contributed by atoms with Gasteiger partial charge in [-0.15, -0.1) is 0 Å². The first-order chi connectivity index (χ1) is 11.9. The molecule has 4 rings (SSSR count). The van der Waals surface area contributed by atoms with E-state index < -0.39 is 11.2 Å². The summed E-state index contributed by atoms with van der Waals surface area (Å²) in [5, 5.41) is 31.4. The zero-order chi connectivity index (χ0) is 17.9. The molecule has 4 fully saturated rings. The van der Waals surface area contributed by atoms with Crippen LogP contribution in [-0.2, 0) is 0 Å². The lowest BCUT2D eigenvalue weighted by Gasteiger charge is -2.57. The molecule has 0 saturated heterocycles. The Hall–Kier alpha value is -0.590. The van der Waals surface area contributed by atoms with Crippen LogP contribution in [0, 0.1) is 46.3 Å². The molecule has 4 aliphatic carbocycles. The monoisotopic (exact) mass is 345 g/mol. The van der Waals surface area contributed by atoms with E-state index in [1.165, 1.54) is 25.7 Å². The van der Waals surface area contributed by atoms with Gasteiger partial charge in [0.1, 0.15) is 0 Å².